The molecule has 6 atom stereocenters. The summed E-state index contributed by atoms with van der Waals surface area (Å²) >= 11 is 0. The fourth-order valence-electron chi connectivity index (χ4n) is 6.73. The van der Waals surface area contributed by atoms with Crippen molar-refractivity contribution in [3.63, 3.8) is 0 Å². The number of hydrogen-bond acceptors (Lipinski definition) is 2. The maximum Gasteiger partial charge on any atom is 0.314 e. The highest BCUT2D eigenvalue weighted by Gasteiger charge is 2.61. The Morgan fingerprint density at radius 3 is 2.70 bits per heavy atom. The van der Waals surface area contributed by atoms with Gasteiger partial charge in [0.05, 0.1) is 0 Å². The highest BCUT2D eigenvalue weighted by atomic mass is 16.4. The Morgan fingerprint density at radius 1 is 1.17 bits per heavy atom. The van der Waals surface area contributed by atoms with Crippen LogP contribution < -0.4 is 0 Å². The number of rotatable bonds is 1. The molecule has 4 aliphatic rings. The van der Waals surface area contributed by atoms with Gasteiger partial charge in [-0.05, 0) is 68.1 Å². The smallest absolute Gasteiger partial charge is 0.314 e. The molecule has 0 heterocycles. The summed E-state index contributed by atoms with van der Waals surface area (Å²) < 4.78 is 0. The Balaban J connectivity index is 1.70. The van der Waals surface area contributed by atoms with Crippen molar-refractivity contribution in [1.82, 2.24) is 0 Å². The largest absolute Gasteiger partial charge is 0.481 e. The summed E-state index contributed by atoms with van der Waals surface area (Å²) in [5.41, 5.74) is 1.58. The van der Waals surface area contributed by atoms with Gasteiger partial charge in [-0.1, -0.05) is 31.9 Å². The first kappa shape index (κ1) is 15.4. The van der Waals surface area contributed by atoms with E-state index in [1.165, 1.54) is 25.7 Å². The maximum atomic E-state index is 12.7. The predicted molar refractivity (Wildman–Crippen MR) is 87.8 cm³/mol. The molecule has 0 spiro atoms. The molecule has 3 nitrogen and oxygen atoms in total. The molecule has 0 aromatic carbocycles. The van der Waals surface area contributed by atoms with E-state index in [-0.39, 0.29) is 17.1 Å². The lowest BCUT2D eigenvalue weighted by atomic mass is 9.48. The highest BCUT2D eigenvalue weighted by Crippen LogP contribution is 2.64. The molecule has 0 aromatic heterocycles. The molecule has 0 aliphatic heterocycles. The van der Waals surface area contributed by atoms with Crippen molar-refractivity contribution in [1.29, 1.82) is 0 Å². The van der Waals surface area contributed by atoms with Crippen LogP contribution in [0.4, 0.5) is 0 Å². The Morgan fingerprint density at radius 2 is 1.96 bits per heavy atom. The van der Waals surface area contributed by atoms with Gasteiger partial charge in [-0.25, -0.2) is 0 Å². The van der Waals surface area contributed by atoms with Crippen LogP contribution in [0, 0.1) is 34.5 Å². The molecule has 4 aliphatic carbocycles. The number of hydrogen-bond donors (Lipinski definition) is 1. The van der Waals surface area contributed by atoms with Crippen LogP contribution in [0.3, 0.4) is 0 Å². The Hall–Kier alpha value is -1.12. The van der Waals surface area contributed by atoms with E-state index in [9.17, 15) is 14.7 Å². The molecule has 0 radical (unpaired) electrons. The zero-order valence-electron chi connectivity index (χ0n) is 14.3. The number of ketones is 1. The lowest BCUT2D eigenvalue weighted by Crippen LogP contribution is -2.49. The molecule has 3 heteroatoms. The van der Waals surface area contributed by atoms with Gasteiger partial charge in [0.2, 0.25) is 0 Å². The van der Waals surface area contributed by atoms with Crippen LogP contribution in [0.15, 0.2) is 11.6 Å². The number of fused-ring (bicyclic) bond motifs is 5. The summed E-state index contributed by atoms with van der Waals surface area (Å²) in [5, 5.41) is 9.45. The van der Waals surface area contributed by atoms with Gasteiger partial charge in [0.15, 0.2) is 5.78 Å². The third-order valence-electron chi connectivity index (χ3n) is 8.07. The topological polar surface area (TPSA) is 54.4 Å². The van der Waals surface area contributed by atoms with Gasteiger partial charge in [-0.2, -0.15) is 0 Å². The molecule has 3 fully saturated rings. The molecular weight excluding hydrogens is 288 g/mol. The Kier molecular flexibility index (Phi) is 3.31. The second-order valence-electron chi connectivity index (χ2n) is 8.91. The Labute approximate surface area is 138 Å². The Bertz CT molecular complexity index is 592. The minimum absolute atomic E-state index is 0.0111. The molecule has 1 N–H and O–H groups in total. The lowest BCUT2D eigenvalue weighted by Gasteiger charge is -2.56. The van der Waals surface area contributed by atoms with E-state index in [1.807, 2.05) is 0 Å². The minimum atomic E-state index is -0.905. The van der Waals surface area contributed by atoms with Gasteiger partial charge >= 0.3 is 5.97 Å². The number of Topliss-reactive ketones (excluding diaryl/α,β-unsaturated/α-hetero) is 1. The third kappa shape index (κ3) is 1.94. The van der Waals surface area contributed by atoms with Crippen molar-refractivity contribution in [2.45, 2.75) is 65.2 Å². The fourth-order valence-corrected chi connectivity index (χ4v) is 6.73. The summed E-state index contributed by atoms with van der Waals surface area (Å²) in [7, 11) is 0. The van der Waals surface area contributed by atoms with Crippen LogP contribution in [0.5, 0.6) is 0 Å². The van der Waals surface area contributed by atoms with E-state index in [1.54, 1.807) is 5.57 Å². The summed E-state index contributed by atoms with van der Waals surface area (Å²) in [4.78, 5) is 24.3. The van der Waals surface area contributed by atoms with Crippen molar-refractivity contribution in [2.75, 3.05) is 0 Å². The van der Waals surface area contributed by atoms with E-state index in [4.69, 9.17) is 0 Å². The van der Waals surface area contributed by atoms with Crippen LogP contribution in [0.2, 0.25) is 0 Å². The minimum Gasteiger partial charge on any atom is -0.481 e. The van der Waals surface area contributed by atoms with E-state index in [2.05, 4.69) is 19.9 Å². The number of carbonyl (C=O) groups is 2. The third-order valence-corrected chi connectivity index (χ3v) is 8.07. The van der Waals surface area contributed by atoms with E-state index < -0.39 is 11.9 Å². The van der Waals surface area contributed by atoms with Gasteiger partial charge in [-0.3, -0.25) is 9.59 Å². The molecule has 126 valence electrons. The number of carboxylic acids is 1. The van der Waals surface area contributed by atoms with Crippen LogP contribution in [-0.2, 0) is 9.59 Å². The van der Waals surface area contributed by atoms with E-state index in [0.29, 0.717) is 23.7 Å². The van der Waals surface area contributed by atoms with E-state index >= 15 is 0 Å². The van der Waals surface area contributed by atoms with Crippen molar-refractivity contribution >= 4 is 11.8 Å². The first-order valence-electron chi connectivity index (χ1n) is 9.34. The van der Waals surface area contributed by atoms with Gasteiger partial charge in [0, 0.05) is 5.41 Å². The summed E-state index contributed by atoms with van der Waals surface area (Å²) in [6, 6.07) is 0. The standard InChI is InChI=1S/C20H28O3/c1-19-9-4-3-5-12(19)6-7-13-15(19)8-10-20(2)16(13)11-14(17(20)21)18(22)23/h6,13-16H,3-5,7-11H2,1-2H3,(H,22,23)/t13-,14?,15+,16+,19+,20+/m1/s1. The zero-order valence-corrected chi connectivity index (χ0v) is 14.3. The average molecular weight is 316 g/mol. The fraction of sp³-hybridized carbons (Fsp3) is 0.800. The van der Waals surface area contributed by atoms with Gasteiger partial charge in [-0.15, -0.1) is 0 Å². The highest BCUT2D eigenvalue weighted by molar-refractivity contribution is 6.03. The molecule has 0 bridgehead atoms. The van der Waals surface area contributed by atoms with Crippen molar-refractivity contribution in [2.24, 2.45) is 34.5 Å². The van der Waals surface area contributed by atoms with Crippen LogP contribution in [-0.4, -0.2) is 16.9 Å². The predicted octanol–water partition coefficient (Wildman–Crippen LogP) is 4.22. The van der Waals surface area contributed by atoms with Crippen LogP contribution in [0.25, 0.3) is 0 Å². The summed E-state index contributed by atoms with van der Waals surface area (Å²) in [5.74, 6) is -0.218. The summed E-state index contributed by atoms with van der Waals surface area (Å²) in [6.07, 6.45) is 11.3. The normalized spacial score (nSPS) is 49.0. The number of carbonyl (C=O) groups excluding carboxylic acids is 1. The quantitative estimate of drug-likeness (QED) is 0.582. The second-order valence-corrected chi connectivity index (χ2v) is 8.91. The van der Waals surface area contributed by atoms with Gasteiger partial charge < -0.3 is 5.11 Å². The monoisotopic (exact) mass is 316 g/mol. The average Bonchev–Trinajstić information content (AvgIpc) is 2.79. The molecule has 0 aromatic rings. The first-order chi connectivity index (χ1) is 10.9. The number of carboxylic acid groups (broad SMARTS) is 1. The summed E-state index contributed by atoms with van der Waals surface area (Å²) in [6.45, 7) is 4.50. The molecule has 23 heavy (non-hydrogen) atoms. The lowest BCUT2D eigenvalue weighted by molar-refractivity contribution is -0.147. The van der Waals surface area contributed by atoms with Crippen molar-refractivity contribution < 1.29 is 14.7 Å². The van der Waals surface area contributed by atoms with Crippen LogP contribution >= 0.6 is 0 Å². The van der Waals surface area contributed by atoms with Crippen LogP contribution in [0.1, 0.15) is 65.2 Å². The van der Waals surface area contributed by atoms with Gasteiger partial charge in [0.25, 0.3) is 0 Å². The van der Waals surface area contributed by atoms with Crippen molar-refractivity contribution in [3.8, 4) is 0 Å². The first-order valence-corrected chi connectivity index (χ1v) is 9.34. The molecule has 0 saturated heterocycles. The molecule has 3 saturated carbocycles. The van der Waals surface area contributed by atoms with Crippen molar-refractivity contribution in [3.05, 3.63) is 11.6 Å². The molecular formula is C20H28O3. The second kappa shape index (κ2) is 4.94. The molecule has 0 amide bonds. The zero-order chi connectivity index (χ0) is 16.4. The molecule has 1 unspecified atom stereocenters. The maximum absolute atomic E-state index is 12.7. The number of aliphatic carboxylic acids is 1. The van der Waals surface area contributed by atoms with E-state index in [0.717, 1.165) is 19.3 Å². The molecule has 4 rings (SSSR count). The SMILES string of the molecule is C[C@]12CCCCC1=CC[C@@H]1[C@@H]2CC[C@]2(C)C(=O)C(C(=O)O)C[C@@H]12. The van der Waals surface area contributed by atoms with Gasteiger partial charge in [0.1, 0.15) is 5.92 Å². The number of allylic oxidation sites excluding steroid dienone is 2.